The smallest absolute Gasteiger partial charge is 0.0379 e. The Kier molecular flexibility index (Phi) is 4.57. The molecule has 1 unspecified atom stereocenters. The zero-order valence-corrected chi connectivity index (χ0v) is 10.5. The predicted octanol–water partition coefficient (Wildman–Crippen LogP) is 3.86. The van der Waals surface area contributed by atoms with E-state index in [-0.39, 0.29) is 5.38 Å². The quantitative estimate of drug-likeness (QED) is 0.729. The molecule has 0 aliphatic carbocycles. The van der Waals surface area contributed by atoms with E-state index in [0.29, 0.717) is 0 Å². The fraction of sp³-hybridized carbons (Fsp3) is 0.267. The molecule has 0 N–H and O–H groups in total. The van der Waals surface area contributed by atoms with Crippen molar-refractivity contribution in [3.63, 3.8) is 0 Å². The highest BCUT2D eigenvalue weighted by molar-refractivity contribution is 6.20. The number of benzene rings is 1. The zero-order chi connectivity index (χ0) is 11.9. The van der Waals surface area contributed by atoms with Crippen LogP contribution in [0.1, 0.15) is 17.5 Å². The molecule has 2 rings (SSSR count). The lowest BCUT2D eigenvalue weighted by molar-refractivity contribution is 0.743. The first-order valence-corrected chi connectivity index (χ1v) is 6.35. The van der Waals surface area contributed by atoms with E-state index in [9.17, 15) is 0 Å². The second-order valence-corrected chi connectivity index (χ2v) is 4.80. The van der Waals surface area contributed by atoms with E-state index in [1.54, 1.807) is 0 Å². The lowest BCUT2D eigenvalue weighted by atomic mass is 10.0. The Labute approximate surface area is 107 Å². The lowest BCUT2D eigenvalue weighted by Crippen LogP contribution is -2.05. The minimum Gasteiger partial charge on any atom is -0.265 e. The van der Waals surface area contributed by atoms with Crippen molar-refractivity contribution in [3.05, 3.63) is 66.0 Å². The van der Waals surface area contributed by atoms with Gasteiger partial charge in [-0.25, -0.2) is 0 Å². The van der Waals surface area contributed by atoms with Gasteiger partial charge in [-0.3, -0.25) is 4.98 Å². The molecule has 0 bridgehead atoms. The molecule has 0 radical (unpaired) electrons. The molecule has 1 nitrogen and oxygen atoms in total. The number of hydrogen-bond donors (Lipinski definition) is 0. The molecule has 0 saturated carbocycles. The number of aromatic nitrogens is 1. The van der Waals surface area contributed by atoms with Crippen LogP contribution in [0.2, 0.25) is 0 Å². The predicted molar refractivity (Wildman–Crippen MR) is 72.3 cm³/mol. The zero-order valence-electron chi connectivity index (χ0n) is 9.72. The SMILES string of the molecule is ClC(CCc1ccccc1)Cc1ccncc1. The fourth-order valence-electron chi connectivity index (χ4n) is 1.84. The Morgan fingerprint density at radius 2 is 1.65 bits per heavy atom. The minimum absolute atomic E-state index is 0.192. The van der Waals surface area contributed by atoms with Crippen molar-refractivity contribution >= 4 is 11.6 Å². The van der Waals surface area contributed by atoms with Gasteiger partial charge in [0.2, 0.25) is 0 Å². The summed E-state index contributed by atoms with van der Waals surface area (Å²) < 4.78 is 0. The third-order valence-corrected chi connectivity index (χ3v) is 3.17. The molecule has 1 heterocycles. The maximum Gasteiger partial charge on any atom is 0.0379 e. The van der Waals surface area contributed by atoms with Crippen molar-refractivity contribution in [2.75, 3.05) is 0 Å². The second kappa shape index (κ2) is 6.41. The van der Waals surface area contributed by atoms with Crippen LogP contribution in [0.5, 0.6) is 0 Å². The van der Waals surface area contributed by atoms with Gasteiger partial charge in [-0.15, -0.1) is 11.6 Å². The van der Waals surface area contributed by atoms with Gasteiger partial charge in [0.25, 0.3) is 0 Å². The number of nitrogens with zero attached hydrogens (tertiary/aromatic N) is 1. The first kappa shape index (κ1) is 12.1. The number of aryl methyl sites for hydroxylation is 1. The lowest BCUT2D eigenvalue weighted by Gasteiger charge is -2.09. The van der Waals surface area contributed by atoms with Crippen LogP contribution < -0.4 is 0 Å². The Bertz CT molecular complexity index is 427. The van der Waals surface area contributed by atoms with Crippen molar-refractivity contribution in [3.8, 4) is 0 Å². The topological polar surface area (TPSA) is 12.9 Å². The van der Waals surface area contributed by atoms with Gasteiger partial charge in [0.1, 0.15) is 0 Å². The van der Waals surface area contributed by atoms with Crippen LogP contribution in [0.15, 0.2) is 54.9 Å². The molecule has 1 aromatic heterocycles. The van der Waals surface area contributed by atoms with Gasteiger partial charge in [-0.05, 0) is 42.5 Å². The highest BCUT2D eigenvalue weighted by atomic mass is 35.5. The van der Waals surface area contributed by atoms with Gasteiger partial charge in [0.05, 0.1) is 0 Å². The monoisotopic (exact) mass is 245 g/mol. The van der Waals surface area contributed by atoms with E-state index in [2.05, 4.69) is 29.2 Å². The number of alkyl halides is 1. The summed E-state index contributed by atoms with van der Waals surface area (Å²) in [6, 6.07) is 14.5. The van der Waals surface area contributed by atoms with Crippen LogP contribution >= 0.6 is 11.6 Å². The van der Waals surface area contributed by atoms with Gasteiger partial charge < -0.3 is 0 Å². The standard InChI is InChI=1S/C15H16ClN/c16-15(12-14-8-10-17-11-9-14)7-6-13-4-2-1-3-5-13/h1-5,8-11,15H,6-7,12H2. The third kappa shape index (κ3) is 4.20. The summed E-state index contributed by atoms with van der Waals surface area (Å²) in [6.07, 6.45) is 6.59. The molecule has 1 aromatic carbocycles. The fourth-order valence-corrected chi connectivity index (χ4v) is 2.13. The van der Waals surface area contributed by atoms with E-state index < -0.39 is 0 Å². The summed E-state index contributed by atoms with van der Waals surface area (Å²) >= 11 is 6.34. The van der Waals surface area contributed by atoms with Gasteiger partial charge in [0.15, 0.2) is 0 Å². The van der Waals surface area contributed by atoms with Gasteiger partial charge in [0, 0.05) is 17.8 Å². The van der Waals surface area contributed by atoms with Gasteiger partial charge in [-0.2, -0.15) is 0 Å². The maximum atomic E-state index is 6.34. The Morgan fingerprint density at radius 1 is 0.941 bits per heavy atom. The van der Waals surface area contributed by atoms with Crippen LogP contribution in [-0.2, 0) is 12.8 Å². The summed E-state index contributed by atoms with van der Waals surface area (Å²) in [7, 11) is 0. The first-order valence-electron chi connectivity index (χ1n) is 5.91. The molecule has 2 heteroatoms. The second-order valence-electron chi connectivity index (χ2n) is 4.18. The molecule has 0 aliphatic heterocycles. The molecule has 88 valence electrons. The van der Waals surface area contributed by atoms with Gasteiger partial charge >= 0.3 is 0 Å². The van der Waals surface area contributed by atoms with E-state index in [4.69, 9.17) is 11.6 Å². The average molecular weight is 246 g/mol. The third-order valence-electron chi connectivity index (χ3n) is 2.80. The molecule has 2 aromatic rings. The molecule has 17 heavy (non-hydrogen) atoms. The van der Waals surface area contributed by atoms with Crippen LogP contribution in [0.4, 0.5) is 0 Å². The maximum absolute atomic E-state index is 6.34. The summed E-state index contributed by atoms with van der Waals surface area (Å²) in [5.74, 6) is 0. The summed E-state index contributed by atoms with van der Waals surface area (Å²) in [6.45, 7) is 0. The highest BCUT2D eigenvalue weighted by Gasteiger charge is 2.06. The van der Waals surface area contributed by atoms with E-state index >= 15 is 0 Å². The summed E-state index contributed by atoms with van der Waals surface area (Å²) in [5.41, 5.74) is 2.61. The highest BCUT2D eigenvalue weighted by Crippen LogP contribution is 2.14. The van der Waals surface area contributed by atoms with Crippen LogP contribution in [0.3, 0.4) is 0 Å². The van der Waals surface area contributed by atoms with E-state index in [1.165, 1.54) is 11.1 Å². The largest absolute Gasteiger partial charge is 0.265 e. The Hall–Kier alpha value is -1.34. The van der Waals surface area contributed by atoms with Gasteiger partial charge in [-0.1, -0.05) is 30.3 Å². The molecule has 0 fully saturated rings. The summed E-state index contributed by atoms with van der Waals surface area (Å²) in [5, 5.41) is 0.192. The van der Waals surface area contributed by atoms with Crippen molar-refractivity contribution in [2.24, 2.45) is 0 Å². The van der Waals surface area contributed by atoms with Crippen LogP contribution in [0, 0.1) is 0 Å². The number of halogens is 1. The molecule has 1 atom stereocenters. The molecular weight excluding hydrogens is 230 g/mol. The molecule has 0 aliphatic rings. The van der Waals surface area contributed by atoms with E-state index in [0.717, 1.165) is 19.3 Å². The number of hydrogen-bond acceptors (Lipinski definition) is 1. The Balaban J connectivity index is 1.80. The van der Waals surface area contributed by atoms with Crippen LogP contribution in [-0.4, -0.2) is 10.4 Å². The van der Waals surface area contributed by atoms with Crippen molar-refractivity contribution < 1.29 is 0 Å². The molecular formula is C15H16ClN. The van der Waals surface area contributed by atoms with Crippen LogP contribution in [0.25, 0.3) is 0 Å². The van der Waals surface area contributed by atoms with E-state index in [1.807, 2.05) is 30.6 Å². The van der Waals surface area contributed by atoms with Crippen molar-refractivity contribution in [1.29, 1.82) is 0 Å². The molecule has 0 spiro atoms. The molecule has 0 saturated heterocycles. The number of rotatable bonds is 5. The minimum atomic E-state index is 0.192. The normalized spacial score (nSPS) is 12.3. The van der Waals surface area contributed by atoms with Crippen molar-refractivity contribution in [1.82, 2.24) is 4.98 Å². The summed E-state index contributed by atoms with van der Waals surface area (Å²) in [4.78, 5) is 4.00. The molecule has 0 amide bonds. The number of pyridine rings is 1. The average Bonchev–Trinajstić information content (AvgIpc) is 2.39. The Morgan fingerprint density at radius 3 is 2.35 bits per heavy atom. The first-order chi connectivity index (χ1) is 8.34. The van der Waals surface area contributed by atoms with Crippen molar-refractivity contribution in [2.45, 2.75) is 24.6 Å².